The monoisotopic (exact) mass is 506 g/mol. The van der Waals surface area contributed by atoms with Crippen molar-refractivity contribution in [3.05, 3.63) is 173 Å². The molecule has 1 N–H and O–H groups in total. The van der Waals surface area contributed by atoms with Gasteiger partial charge < -0.3 is 5.11 Å². The highest BCUT2D eigenvalue weighted by Gasteiger charge is 2.61. The zero-order valence-electron chi connectivity index (χ0n) is 21.2. The molecule has 39 heavy (non-hydrogen) atoms. The van der Waals surface area contributed by atoms with Crippen LogP contribution in [-0.2, 0) is 15.9 Å². The fraction of sp³-hybridized carbons (Fsp3) is 0.0857. The predicted molar refractivity (Wildman–Crippen MR) is 152 cm³/mol. The van der Waals surface area contributed by atoms with Crippen LogP contribution in [0, 0.1) is 11.3 Å². The second-order valence-corrected chi connectivity index (χ2v) is 9.71. The van der Waals surface area contributed by atoms with Crippen LogP contribution in [0.4, 0.5) is 5.69 Å². The molecule has 1 aliphatic heterocycles. The minimum Gasteiger partial charge on any atom is -0.374 e. The van der Waals surface area contributed by atoms with Gasteiger partial charge in [0, 0.05) is 5.56 Å². The lowest BCUT2D eigenvalue weighted by molar-refractivity contribution is -0.138. The molecule has 0 saturated carbocycles. The normalized spacial score (nSPS) is 17.3. The Bertz CT molecular complexity index is 1550. The van der Waals surface area contributed by atoms with E-state index in [-0.39, 0.29) is 0 Å². The quantitative estimate of drug-likeness (QED) is 0.267. The maximum Gasteiger partial charge on any atom is 0.266 e. The molecule has 2 atom stereocenters. The number of aliphatic hydroxyl groups is 1. The molecule has 0 spiro atoms. The van der Waals surface area contributed by atoms with Gasteiger partial charge in [-0.25, -0.2) is 0 Å². The van der Waals surface area contributed by atoms with Crippen LogP contribution in [0.1, 0.15) is 33.7 Å². The lowest BCUT2D eigenvalue weighted by Crippen LogP contribution is -2.54. The summed E-state index contributed by atoms with van der Waals surface area (Å²) in [6.07, 6.45) is 0. The molecule has 0 radical (unpaired) electrons. The van der Waals surface area contributed by atoms with Crippen molar-refractivity contribution in [3.8, 4) is 6.07 Å². The predicted octanol–water partition coefficient (Wildman–Crippen LogP) is 6.52. The van der Waals surface area contributed by atoms with Gasteiger partial charge in [-0.3, -0.25) is 9.69 Å². The van der Waals surface area contributed by atoms with Gasteiger partial charge >= 0.3 is 0 Å². The van der Waals surface area contributed by atoms with Gasteiger partial charge in [-0.15, -0.1) is 0 Å². The zero-order chi connectivity index (χ0) is 26.9. The van der Waals surface area contributed by atoms with Crippen LogP contribution < -0.4 is 4.90 Å². The van der Waals surface area contributed by atoms with Crippen LogP contribution in [0.2, 0.25) is 0 Å². The third kappa shape index (κ3) is 3.59. The molecule has 1 aliphatic rings. The summed E-state index contributed by atoms with van der Waals surface area (Å²) >= 11 is 0. The number of para-hydroxylation sites is 1. The molecule has 1 heterocycles. The third-order valence-electron chi connectivity index (χ3n) is 7.67. The maximum absolute atomic E-state index is 14.9. The number of rotatable bonds is 6. The fourth-order valence-electron chi connectivity index (χ4n) is 5.98. The first-order valence-corrected chi connectivity index (χ1v) is 12.9. The molecule has 0 aromatic heterocycles. The molecule has 6 rings (SSSR count). The molecule has 0 saturated heterocycles. The largest absolute Gasteiger partial charge is 0.374 e. The molecule has 5 aromatic rings. The highest BCUT2D eigenvalue weighted by atomic mass is 16.3. The summed E-state index contributed by atoms with van der Waals surface area (Å²) in [5, 5.41) is 22.9. The van der Waals surface area contributed by atoms with Crippen molar-refractivity contribution < 1.29 is 9.90 Å². The average Bonchev–Trinajstić information content (AvgIpc) is 3.23. The number of nitriles is 1. The molecular formula is C35H26N2O2. The Morgan fingerprint density at radius 1 is 0.641 bits per heavy atom. The van der Waals surface area contributed by atoms with E-state index in [0.29, 0.717) is 16.8 Å². The number of fused-ring (bicyclic) bond motifs is 1. The van der Waals surface area contributed by atoms with Crippen molar-refractivity contribution in [1.82, 2.24) is 0 Å². The molecule has 0 aliphatic carbocycles. The van der Waals surface area contributed by atoms with Crippen molar-refractivity contribution in [1.29, 1.82) is 5.26 Å². The van der Waals surface area contributed by atoms with E-state index < -0.39 is 23.0 Å². The van der Waals surface area contributed by atoms with Crippen LogP contribution >= 0.6 is 0 Å². The first kappa shape index (κ1) is 24.4. The topological polar surface area (TPSA) is 64.3 Å². The standard InChI is InChI=1S/C35H26N2O2/c36-25-31(26-15-5-1-6-16-26)35(39)30-23-13-14-24-32(30)37(33(35)38)34(27-17-7-2-8-18-27,28-19-9-3-10-20-28)29-21-11-4-12-22-29/h1-24,31,39H/t31-,35-/m1/s1. The second-order valence-electron chi connectivity index (χ2n) is 9.71. The zero-order valence-corrected chi connectivity index (χ0v) is 21.2. The van der Waals surface area contributed by atoms with Crippen LogP contribution in [0.3, 0.4) is 0 Å². The van der Waals surface area contributed by atoms with Gasteiger partial charge in [-0.1, -0.05) is 140 Å². The Labute approximate surface area is 228 Å². The smallest absolute Gasteiger partial charge is 0.266 e. The van der Waals surface area contributed by atoms with Gasteiger partial charge in [0.25, 0.3) is 5.91 Å². The Morgan fingerprint density at radius 3 is 1.51 bits per heavy atom. The molecule has 4 heteroatoms. The summed E-state index contributed by atoms with van der Waals surface area (Å²) in [7, 11) is 0. The van der Waals surface area contributed by atoms with E-state index in [4.69, 9.17) is 0 Å². The van der Waals surface area contributed by atoms with Crippen molar-refractivity contribution in [3.63, 3.8) is 0 Å². The molecule has 5 aromatic carbocycles. The Kier molecular flexibility index (Phi) is 6.07. The second kappa shape index (κ2) is 9.72. The van der Waals surface area contributed by atoms with Gasteiger partial charge in [0.15, 0.2) is 5.60 Å². The number of nitrogens with zero attached hydrogens (tertiary/aromatic N) is 2. The lowest BCUT2D eigenvalue weighted by atomic mass is 9.74. The number of amides is 1. The molecule has 4 nitrogen and oxygen atoms in total. The molecule has 0 fully saturated rings. The summed E-state index contributed by atoms with van der Waals surface area (Å²) < 4.78 is 0. The number of carbonyl (C=O) groups is 1. The summed E-state index contributed by atoms with van der Waals surface area (Å²) in [6.45, 7) is 0. The number of hydrogen-bond acceptors (Lipinski definition) is 3. The number of benzene rings is 5. The van der Waals surface area contributed by atoms with Crippen molar-refractivity contribution >= 4 is 11.6 Å². The first-order chi connectivity index (χ1) is 19.1. The Balaban J connectivity index is 1.71. The van der Waals surface area contributed by atoms with E-state index in [0.717, 1.165) is 16.7 Å². The van der Waals surface area contributed by atoms with Gasteiger partial charge in [0.1, 0.15) is 11.5 Å². The maximum atomic E-state index is 14.9. The summed E-state index contributed by atoms with van der Waals surface area (Å²) in [5.74, 6) is -1.66. The fourth-order valence-corrected chi connectivity index (χ4v) is 5.98. The Hall–Kier alpha value is -4.98. The van der Waals surface area contributed by atoms with E-state index >= 15 is 0 Å². The lowest BCUT2D eigenvalue weighted by Gasteiger charge is -2.44. The molecular weight excluding hydrogens is 480 g/mol. The number of anilines is 1. The summed E-state index contributed by atoms with van der Waals surface area (Å²) in [4.78, 5) is 16.7. The van der Waals surface area contributed by atoms with Crippen LogP contribution in [0.15, 0.2) is 146 Å². The average molecular weight is 507 g/mol. The number of hydrogen-bond donors (Lipinski definition) is 1. The van der Waals surface area contributed by atoms with E-state index in [1.165, 1.54) is 0 Å². The van der Waals surface area contributed by atoms with E-state index in [1.54, 1.807) is 29.2 Å². The van der Waals surface area contributed by atoms with Gasteiger partial charge in [-0.05, 0) is 28.3 Å². The van der Waals surface area contributed by atoms with E-state index in [2.05, 4.69) is 6.07 Å². The highest BCUT2D eigenvalue weighted by molar-refractivity contribution is 6.10. The van der Waals surface area contributed by atoms with Crippen molar-refractivity contribution in [2.45, 2.75) is 17.1 Å². The van der Waals surface area contributed by atoms with Crippen LogP contribution in [0.25, 0.3) is 0 Å². The SMILES string of the molecule is N#C[C@H](c1ccccc1)[C@@]1(O)C(=O)N(C(c2ccccc2)(c2ccccc2)c2ccccc2)c2ccccc21. The van der Waals surface area contributed by atoms with Gasteiger partial charge in [0.2, 0.25) is 0 Å². The highest BCUT2D eigenvalue weighted by Crippen LogP contribution is 2.55. The number of carbonyl (C=O) groups excluding carboxylic acids is 1. The van der Waals surface area contributed by atoms with Gasteiger partial charge in [0.05, 0.1) is 11.8 Å². The summed E-state index contributed by atoms with van der Waals surface area (Å²) in [5.41, 5.74) is 0.927. The van der Waals surface area contributed by atoms with E-state index in [9.17, 15) is 15.2 Å². The van der Waals surface area contributed by atoms with Crippen molar-refractivity contribution in [2.24, 2.45) is 0 Å². The minimum absolute atomic E-state index is 0.414. The molecule has 188 valence electrons. The summed E-state index contributed by atoms with van der Waals surface area (Å²) in [6, 6.07) is 48.2. The molecule has 0 unspecified atom stereocenters. The minimum atomic E-state index is -2.10. The van der Waals surface area contributed by atoms with Crippen LogP contribution in [0.5, 0.6) is 0 Å². The molecule has 1 amide bonds. The van der Waals surface area contributed by atoms with Gasteiger partial charge in [-0.2, -0.15) is 5.26 Å². The first-order valence-electron chi connectivity index (χ1n) is 12.9. The third-order valence-corrected chi connectivity index (χ3v) is 7.67. The molecule has 0 bridgehead atoms. The van der Waals surface area contributed by atoms with E-state index in [1.807, 2.05) is 121 Å². The van der Waals surface area contributed by atoms with Crippen molar-refractivity contribution in [2.75, 3.05) is 4.90 Å². The Morgan fingerprint density at radius 2 is 1.05 bits per heavy atom. The van der Waals surface area contributed by atoms with Crippen LogP contribution in [-0.4, -0.2) is 11.0 Å².